The van der Waals surface area contributed by atoms with Gasteiger partial charge >= 0.3 is 6.09 Å². The highest BCUT2D eigenvalue weighted by Gasteiger charge is 2.10. The van der Waals surface area contributed by atoms with Crippen LogP contribution in [0, 0.1) is 5.92 Å². The summed E-state index contributed by atoms with van der Waals surface area (Å²) in [5.74, 6) is 0.405. The fourth-order valence-corrected chi connectivity index (χ4v) is 2.51. The van der Waals surface area contributed by atoms with E-state index in [2.05, 4.69) is 29.4 Å². The summed E-state index contributed by atoms with van der Waals surface area (Å²) in [6, 6.07) is 10.3. The van der Waals surface area contributed by atoms with Gasteiger partial charge in [-0.15, -0.1) is 0 Å². The normalized spacial score (nSPS) is 11.8. The lowest BCUT2D eigenvalue weighted by Gasteiger charge is -2.15. The zero-order valence-electron chi connectivity index (χ0n) is 14.7. The Kier molecular flexibility index (Phi) is 7.19. The molecule has 1 heterocycles. The van der Waals surface area contributed by atoms with Crippen molar-refractivity contribution in [3.05, 3.63) is 46.8 Å². The Morgan fingerprint density at radius 3 is 2.80 bits per heavy atom. The fraction of sp³-hybridized carbons (Fsp3) is 0.421. The summed E-state index contributed by atoms with van der Waals surface area (Å²) in [6.07, 6.45) is 3.92. The molecule has 0 fully saturated rings. The molecule has 2 N–H and O–H groups in total. The number of unbranched alkanes of at least 4 members (excludes halogenated alkanes) is 1. The summed E-state index contributed by atoms with van der Waals surface area (Å²) in [5, 5.41) is 9.12. The number of amides is 1. The lowest BCUT2D eigenvalue weighted by molar-refractivity contribution is 0.136. The fourth-order valence-electron chi connectivity index (χ4n) is 2.51. The Morgan fingerprint density at radius 2 is 2.12 bits per heavy atom. The molecule has 6 heteroatoms. The molecule has 1 unspecified atom stereocenters. The largest absolute Gasteiger partial charge is 0.449 e. The number of hydrogen-bond donors (Lipinski definition) is 2. The van der Waals surface area contributed by atoms with E-state index in [0.717, 1.165) is 31.2 Å². The zero-order chi connectivity index (χ0) is 18.1. The Morgan fingerprint density at radius 1 is 1.28 bits per heavy atom. The van der Waals surface area contributed by atoms with Gasteiger partial charge < -0.3 is 4.74 Å². The van der Waals surface area contributed by atoms with E-state index >= 15 is 0 Å². The van der Waals surface area contributed by atoms with Crippen LogP contribution in [0.3, 0.4) is 0 Å². The third kappa shape index (κ3) is 6.06. The van der Waals surface area contributed by atoms with E-state index < -0.39 is 6.09 Å². The van der Waals surface area contributed by atoms with E-state index in [1.165, 1.54) is 6.07 Å². The lowest BCUT2D eigenvalue weighted by Crippen LogP contribution is -2.18. The number of anilines is 1. The van der Waals surface area contributed by atoms with Crippen LogP contribution < -0.4 is 10.9 Å². The van der Waals surface area contributed by atoms with Gasteiger partial charge in [0, 0.05) is 17.3 Å². The molecule has 6 nitrogen and oxygen atoms in total. The summed E-state index contributed by atoms with van der Waals surface area (Å²) in [7, 11) is 0. The SMILES string of the molecule is CCCCC(CC)COC(=O)Nc1cccc(-c2ccc(=O)[nH]n2)c1. The maximum atomic E-state index is 12.0. The van der Waals surface area contributed by atoms with Gasteiger partial charge in [0.05, 0.1) is 12.3 Å². The number of benzene rings is 1. The molecule has 25 heavy (non-hydrogen) atoms. The van der Waals surface area contributed by atoms with Gasteiger partial charge in [0.2, 0.25) is 0 Å². The van der Waals surface area contributed by atoms with Gasteiger partial charge in [0.1, 0.15) is 0 Å². The quantitative estimate of drug-likeness (QED) is 0.752. The van der Waals surface area contributed by atoms with Crippen LogP contribution in [0.15, 0.2) is 41.2 Å². The number of aromatic nitrogens is 2. The molecule has 0 aliphatic heterocycles. The van der Waals surface area contributed by atoms with E-state index in [1.807, 2.05) is 12.1 Å². The van der Waals surface area contributed by atoms with Crippen molar-refractivity contribution in [2.75, 3.05) is 11.9 Å². The zero-order valence-corrected chi connectivity index (χ0v) is 14.7. The number of H-pyrrole nitrogens is 1. The van der Waals surface area contributed by atoms with Crippen molar-refractivity contribution in [1.29, 1.82) is 0 Å². The standard InChI is InChI=1S/C19H25N3O3/c1-3-5-7-14(4-2)13-25-19(24)20-16-9-6-8-15(12-16)17-10-11-18(23)22-21-17/h6,8-12,14H,3-5,7,13H2,1-2H3,(H,20,24)(H,22,23). The first-order valence-corrected chi connectivity index (χ1v) is 8.72. The molecule has 1 atom stereocenters. The minimum Gasteiger partial charge on any atom is -0.449 e. The molecule has 134 valence electrons. The van der Waals surface area contributed by atoms with E-state index in [9.17, 15) is 9.59 Å². The minimum atomic E-state index is -0.457. The van der Waals surface area contributed by atoms with Gasteiger partial charge in [0.15, 0.2) is 0 Å². The third-order valence-electron chi connectivity index (χ3n) is 4.08. The molecule has 0 radical (unpaired) electrons. The summed E-state index contributed by atoms with van der Waals surface area (Å²) < 4.78 is 5.34. The molecule has 0 spiro atoms. The predicted molar refractivity (Wildman–Crippen MR) is 98.6 cm³/mol. The second-order valence-corrected chi connectivity index (χ2v) is 6.03. The summed E-state index contributed by atoms with van der Waals surface area (Å²) in [4.78, 5) is 23.1. The number of hydrogen-bond acceptors (Lipinski definition) is 4. The number of carbonyl (C=O) groups is 1. The number of ether oxygens (including phenoxy) is 1. The molecular weight excluding hydrogens is 318 g/mol. The highest BCUT2D eigenvalue weighted by molar-refractivity contribution is 5.85. The topological polar surface area (TPSA) is 84.1 Å². The summed E-state index contributed by atoms with van der Waals surface area (Å²) in [5.41, 5.74) is 1.79. The van der Waals surface area contributed by atoms with Crippen LogP contribution >= 0.6 is 0 Å². The second-order valence-electron chi connectivity index (χ2n) is 6.03. The molecule has 1 aromatic heterocycles. The van der Waals surface area contributed by atoms with Gasteiger partial charge in [-0.2, -0.15) is 5.10 Å². The molecule has 0 aliphatic carbocycles. The smallest absolute Gasteiger partial charge is 0.411 e. The summed E-state index contributed by atoms with van der Waals surface area (Å²) in [6.45, 7) is 4.70. The Hall–Kier alpha value is -2.63. The van der Waals surface area contributed by atoms with E-state index in [0.29, 0.717) is 23.9 Å². The lowest BCUT2D eigenvalue weighted by atomic mass is 10.0. The third-order valence-corrected chi connectivity index (χ3v) is 4.08. The molecule has 0 aliphatic rings. The van der Waals surface area contributed by atoms with Crippen molar-refractivity contribution in [2.24, 2.45) is 5.92 Å². The number of rotatable bonds is 8. The number of nitrogens with zero attached hydrogens (tertiary/aromatic N) is 1. The number of carbonyl (C=O) groups excluding carboxylic acids is 1. The Labute approximate surface area is 147 Å². The molecule has 1 amide bonds. The van der Waals surface area contributed by atoms with Gasteiger partial charge in [-0.3, -0.25) is 10.1 Å². The van der Waals surface area contributed by atoms with Crippen LogP contribution in [-0.2, 0) is 4.74 Å². The van der Waals surface area contributed by atoms with Crippen LogP contribution in [0.5, 0.6) is 0 Å². The average Bonchev–Trinajstić information content (AvgIpc) is 2.63. The van der Waals surface area contributed by atoms with E-state index in [-0.39, 0.29) is 5.56 Å². The first-order valence-electron chi connectivity index (χ1n) is 8.72. The first-order chi connectivity index (χ1) is 12.1. The molecule has 1 aromatic carbocycles. The van der Waals surface area contributed by atoms with Crippen molar-refractivity contribution >= 4 is 11.8 Å². The molecule has 0 saturated carbocycles. The highest BCUT2D eigenvalue weighted by Crippen LogP contribution is 2.20. The van der Waals surface area contributed by atoms with Crippen molar-refractivity contribution in [2.45, 2.75) is 39.5 Å². The predicted octanol–water partition coefficient (Wildman–Crippen LogP) is 4.20. The van der Waals surface area contributed by atoms with Crippen LogP contribution in [0.25, 0.3) is 11.3 Å². The Bertz CT molecular complexity index is 722. The van der Waals surface area contributed by atoms with Crippen LogP contribution in [-0.4, -0.2) is 22.9 Å². The monoisotopic (exact) mass is 343 g/mol. The van der Waals surface area contributed by atoms with Crippen molar-refractivity contribution in [3.8, 4) is 11.3 Å². The Balaban J connectivity index is 1.93. The van der Waals surface area contributed by atoms with Crippen molar-refractivity contribution in [1.82, 2.24) is 10.2 Å². The van der Waals surface area contributed by atoms with Crippen LogP contribution in [0.1, 0.15) is 39.5 Å². The molecule has 0 saturated heterocycles. The van der Waals surface area contributed by atoms with E-state index in [1.54, 1.807) is 18.2 Å². The number of aromatic amines is 1. The van der Waals surface area contributed by atoms with Crippen LogP contribution in [0.4, 0.5) is 10.5 Å². The molecule has 2 rings (SSSR count). The van der Waals surface area contributed by atoms with Gasteiger partial charge in [-0.25, -0.2) is 9.89 Å². The van der Waals surface area contributed by atoms with Gasteiger partial charge in [0.25, 0.3) is 5.56 Å². The maximum absolute atomic E-state index is 12.0. The summed E-state index contributed by atoms with van der Waals surface area (Å²) >= 11 is 0. The maximum Gasteiger partial charge on any atom is 0.411 e. The first kappa shape index (κ1) is 18.7. The second kappa shape index (κ2) is 9.61. The van der Waals surface area contributed by atoms with Crippen LogP contribution in [0.2, 0.25) is 0 Å². The molecular formula is C19H25N3O3. The number of nitrogens with one attached hydrogen (secondary N) is 2. The van der Waals surface area contributed by atoms with E-state index in [4.69, 9.17) is 4.74 Å². The molecule has 2 aromatic rings. The molecule has 0 bridgehead atoms. The van der Waals surface area contributed by atoms with Crippen molar-refractivity contribution in [3.63, 3.8) is 0 Å². The van der Waals surface area contributed by atoms with Gasteiger partial charge in [-0.05, 0) is 30.5 Å². The minimum absolute atomic E-state index is 0.254. The van der Waals surface area contributed by atoms with Gasteiger partial charge in [-0.1, -0.05) is 45.2 Å². The highest BCUT2D eigenvalue weighted by atomic mass is 16.5. The average molecular weight is 343 g/mol. The van der Waals surface area contributed by atoms with Crippen molar-refractivity contribution < 1.29 is 9.53 Å².